The Morgan fingerprint density at radius 3 is 2.61 bits per heavy atom. The molecule has 0 bridgehead atoms. The van der Waals surface area contributed by atoms with Crippen molar-refractivity contribution in [2.24, 2.45) is 0 Å². The number of alkyl halides is 3. The van der Waals surface area contributed by atoms with E-state index in [1.165, 1.54) is 11.0 Å². The second-order valence-corrected chi connectivity index (χ2v) is 4.15. The lowest BCUT2D eigenvalue weighted by Gasteiger charge is -2.21. The third-order valence-electron chi connectivity index (χ3n) is 2.55. The van der Waals surface area contributed by atoms with Crippen molar-refractivity contribution in [3.05, 3.63) is 12.2 Å². The first-order valence-corrected chi connectivity index (χ1v) is 6.15. The molecule has 0 fully saturated rings. The van der Waals surface area contributed by atoms with E-state index in [2.05, 4.69) is 15.4 Å². The number of hydrogen-bond donors (Lipinski definition) is 1. The molecule has 4 nitrogen and oxygen atoms in total. The van der Waals surface area contributed by atoms with E-state index < -0.39 is 12.2 Å². The number of halogens is 3. The topological polar surface area (TPSA) is 42.7 Å². The van der Waals surface area contributed by atoms with Crippen LogP contribution in [0.3, 0.4) is 0 Å². The van der Waals surface area contributed by atoms with Gasteiger partial charge >= 0.3 is 6.18 Å². The van der Waals surface area contributed by atoms with Gasteiger partial charge in [0.15, 0.2) is 0 Å². The van der Waals surface area contributed by atoms with Crippen molar-refractivity contribution in [3.63, 3.8) is 0 Å². The van der Waals surface area contributed by atoms with Gasteiger partial charge in [0.05, 0.1) is 0 Å². The maximum absolute atomic E-state index is 12.8. The first-order chi connectivity index (χ1) is 8.49. The van der Waals surface area contributed by atoms with E-state index in [1.807, 2.05) is 13.8 Å². The minimum absolute atomic E-state index is 0.177. The molecule has 1 N–H and O–H groups in total. The Bertz CT molecular complexity index is 348. The summed E-state index contributed by atoms with van der Waals surface area (Å²) in [5.74, 6) is 0.378. The Balaban J connectivity index is 2.72. The second kappa shape index (κ2) is 6.72. The lowest BCUT2D eigenvalue weighted by molar-refractivity contribution is -0.155. The van der Waals surface area contributed by atoms with Gasteiger partial charge in [-0.3, -0.25) is 4.68 Å². The summed E-state index contributed by atoms with van der Waals surface area (Å²) in [4.78, 5) is 3.91. The lowest BCUT2D eigenvalue weighted by Crippen LogP contribution is -2.44. The summed E-state index contributed by atoms with van der Waals surface area (Å²) < 4.78 is 40.0. The number of aryl methyl sites for hydroxylation is 1. The highest BCUT2D eigenvalue weighted by Crippen LogP contribution is 2.22. The average molecular weight is 264 g/mol. The summed E-state index contributed by atoms with van der Waals surface area (Å²) in [6.07, 6.45) is -1.66. The third kappa shape index (κ3) is 4.29. The Labute approximate surface area is 105 Å². The second-order valence-electron chi connectivity index (χ2n) is 4.15. The molecule has 18 heavy (non-hydrogen) atoms. The molecular weight excluding hydrogens is 245 g/mol. The summed E-state index contributed by atoms with van der Waals surface area (Å²) in [7, 11) is 0. The van der Waals surface area contributed by atoms with E-state index in [0.29, 0.717) is 25.3 Å². The molecule has 0 aromatic carbocycles. The van der Waals surface area contributed by atoms with Gasteiger partial charge in [-0.2, -0.15) is 18.3 Å². The van der Waals surface area contributed by atoms with Crippen LogP contribution >= 0.6 is 0 Å². The summed E-state index contributed by atoms with van der Waals surface area (Å²) in [6.45, 7) is 4.71. The molecule has 0 aliphatic rings. The molecule has 104 valence electrons. The monoisotopic (exact) mass is 264 g/mol. The maximum Gasteiger partial charge on any atom is 0.404 e. The highest BCUT2D eigenvalue weighted by molar-refractivity contribution is 4.92. The van der Waals surface area contributed by atoms with Crippen molar-refractivity contribution in [1.82, 2.24) is 20.1 Å². The van der Waals surface area contributed by atoms with E-state index in [-0.39, 0.29) is 6.42 Å². The van der Waals surface area contributed by atoms with Crippen molar-refractivity contribution in [3.8, 4) is 0 Å². The predicted octanol–water partition coefficient (Wildman–Crippen LogP) is 2.16. The molecular formula is C11H19F3N4. The molecule has 0 saturated heterocycles. The van der Waals surface area contributed by atoms with Crippen molar-refractivity contribution in [2.75, 3.05) is 6.54 Å². The van der Waals surface area contributed by atoms with Crippen LogP contribution in [0.1, 0.15) is 32.5 Å². The minimum atomic E-state index is -4.27. The molecule has 1 aromatic rings. The van der Waals surface area contributed by atoms with Crippen molar-refractivity contribution < 1.29 is 13.2 Å². The zero-order chi connectivity index (χ0) is 13.6. The van der Waals surface area contributed by atoms with Crippen LogP contribution < -0.4 is 5.32 Å². The molecule has 1 atom stereocenters. The Morgan fingerprint density at radius 2 is 2.06 bits per heavy atom. The molecule has 7 heteroatoms. The van der Waals surface area contributed by atoms with Crippen LogP contribution in [0.2, 0.25) is 0 Å². The molecule has 0 spiro atoms. The number of nitrogens with zero attached hydrogens (tertiary/aromatic N) is 3. The van der Waals surface area contributed by atoms with Gasteiger partial charge in [0.25, 0.3) is 0 Å². The number of hydrogen-bond acceptors (Lipinski definition) is 3. The molecule has 0 amide bonds. The zero-order valence-electron chi connectivity index (χ0n) is 10.7. The highest BCUT2D eigenvalue weighted by atomic mass is 19.4. The van der Waals surface area contributed by atoms with Crippen LogP contribution in [0.15, 0.2) is 6.33 Å². The molecule has 0 saturated carbocycles. The molecule has 1 rings (SSSR count). The first kappa shape index (κ1) is 14.9. The Morgan fingerprint density at radius 1 is 1.33 bits per heavy atom. The van der Waals surface area contributed by atoms with Crippen molar-refractivity contribution in [2.45, 2.75) is 51.9 Å². The molecule has 1 heterocycles. The number of aromatic nitrogens is 3. The Hall–Kier alpha value is -1.11. The molecule has 1 aromatic heterocycles. The Kier molecular flexibility index (Phi) is 5.58. The van der Waals surface area contributed by atoms with Crippen LogP contribution in [0.5, 0.6) is 0 Å². The highest BCUT2D eigenvalue weighted by Gasteiger charge is 2.39. The van der Waals surface area contributed by atoms with E-state index in [9.17, 15) is 13.2 Å². The minimum Gasteiger partial charge on any atom is -0.306 e. The van der Waals surface area contributed by atoms with Gasteiger partial charge in [-0.1, -0.05) is 13.8 Å². The fourth-order valence-electron chi connectivity index (χ4n) is 1.65. The van der Waals surface area contributed by atoms with Crippen molar-refractivity contribution >= 4 is 0 Å². The van der Waals surface area contributed by atoms with Crippen LogP contribution in [-0.2, 0) is 13.0 Å². The first-order valence-electron chi connectivity index (χ1n) is 6.15. The molecule has 0 radical (unpaired) electrons. The predicted molar refractivity (Wildman–Crippen MR) is 62.2 cm³/mol. The fraction of sp³-hybridized carbons (Fsp3) is 0.818. The summed E-state index contributed by atoms with van der Waals surface area (Å²) in [5, 5.41) is 6.44. The normalized spacial score (nSPS) is 13.8. The van der Waals surface area contributed by atoms with Gasteiger partial charge in [0, 0.05) is 13.0 Å². The van der Waals surface area contributed by atoms with Gasteiger partial charge in [-0.15, -0.1) is 0 Å². The third-order valence-corrected chi connectivity index (χ3v) is 2.55. The summed E-state index contributed by atoms with van der Waals surface area (Å²) in [6, 6.07) is -1.56. The van der Waals surface area contributed by atoms with Crippen LogP contribution in [0, 0.1) is 0 Å². The van der Waals surface area contributed by atoms with E-state index in [0.717, 1.165) is 6.42 Å². The van der Waals surface area contributed by atoms with Gasteiger partial charge in [0.2, 0.25) is 0 Å². The van der Waals surface area contributed by atoms with Crippen molar-refractivity contribution in [1.29, 1.82) is 0 Å². The largest absolute Gasteiger partial charge is 0.404 e. The molecule has 0 aliphatic carbocycles. The van der Waals surface area contributed by atoms with Gasteiger partial charge < -0.3 is 5.32 Å². The van der Waals surface area contributed by atoms with Gasteiger partial charge in [-0.25, -0.2) is 4.98 Å². The lowest BCUT2D eigenvalue weighted by atomic mass is 10.2. The standard InChI is InChI=1S/C11H19F3N4/c1-3-5-15-9(11(12,13)14)7-10-16-8-17-18(10)6-4-2/h8-9,15H,3-7H2,1-2H3. The summed E-state index contributed by atoms with van der Waals surface area (Å²) >= 11 is 0. The number of rotatable bonds is 7. The van der Waals surface area contributed by atoms with Crippen LogP contribution in [0.4, 0.5) is 13.2 Å². The van der Waals surface area contributed by atoms with E-state index in [1.54, 1.807) is 0 Å². The van der Waals surface area contributed by atoms with Gasteiger partial charge in [-0.05, 0) is 19.4 Å². The molecule has 0 aliphatic heterocycles. The number of nitrogens with one attached hydrogen (secondary N) is 1. The average Bonchev–Trinajstić information content (AvgIpc) is 2.71. The van der Waals surface area contributed by atoms with E-state index in [4.69, 9.17) is 0 Å². The smallest absolute Gasteiger partial charge is 0.306 e. The zero-order valence-corrected chi connectivity index (χ0v) is 10.7. The van der Waals surface area contributed by atoms with Crippen LogP contribution in [-0.4, -0.2) is 33.5 Å². The fourth-order valence-corrected chi connectivity index (χ4v) is 1.65. The summed E-state index contributed by atoms with van der Waals surface area (Å²) in [5.41, 5.74) is 0. The van der Waals surface area contributed by atoms with Crippen LogP contribution in [0.25, 0.3) is 0 Å². The molecule has 1 unspecified atom stereocenters. The SMILES string of the molecule is CCCNC(Cc1ncnn1CCC)C(F)(F)F. The van der Waals surface area contributed by atoms with Gasteiger partial charge in [0.1, 0.15) is 18.2 Å². The maximum atomic E-state index is 12.8. The van der Waals surface area contributed by atoms with E-state index >= 15 is 0 Å². The quantitative estimate of drug-likeness (QED) is 0.820.